The molecule has 17 N–H and O–H groups in total. The minimum Gasteiger partial charge on any atom is -0.505 e. The third-order valence-corrected chi connectivity index (χ3v) is 19.9. The molecule has 0 aliphatic heterocycles. The van der Waals surface area contributed by atoms with Gasteiger partial charge in [-0.1, -0.05) is 27.2 Å². The van der Waals surface area contributed by atoms with Gasteiger partial charge in [-0.15, -0.1) is 48.8 Å². The zero-order chi connectivity index (χ0) is 74.9. The van der Waals surface area contributed by atoms with Gasteiger partial charge in [0.1, 0.15) is 21.2 Å². The molecule has 2 aromatic heterocycles. The lowest BCUT2D eigenvalue weighted by Gasteiger charge is -2.12. The normalized spacial score (nSPS) is 12.6. The van der Waals surface area contributed by atoms with Crippen LogP contribution in [-0.4, -0.2) is 97.9 Å². The second-order valence-corrected chi connectivity index (χ2v) is 28.7. The highest BCUT2D eigenvalue weighted by Gasteiger charge is 2.25. The van der Waals surface area contributed by atoms with Gasteiger partial charge in [0.05, 0.1) is 112 Å². The van der Waals surface area contributed by atoms with Gasteiger partial charge in [-0.25, -0.2) is 20.6 Å². The van der Waals surface area contributed by atoms with Gasteiger partial charge >= 0.3 is 5.69 Å². The van der Waals surface area contributed by atoms with Crippen molar-refractivity contribution in [2.45, 2.75) is 34.3 Å². The van der Waals surface area contributed by atoms with Gasteiger partial charge in [0, 0.05) is 42.6 Å². The summed E-state index contributed by atoms with van der Waals surface area (Å²) in [7, 11) is -19.0. The molecule has 0 atom stereocenters. The fraction of sp³-hybridized carbons (Fsp3) is 0. The first kappa shape index (κ1) is 74.3. The monoisotopic (exact) mass is 1560 g/mol. The number of phenols is 2. The van der Waals surface area contributed by atoms with E-state index in [9.17, 15) is 81.6 Å². The number of rotatable bonds is 21. The van der Waals surface area contributed by atoms with Crippen molar-refractivity contribution < 1.29 is 111 Å². The highest BCUT2D eigenvalue weighted by Crippen LogP contribution is 2.49. The number of aromatic nitrogens is 3. The maximum atomic E-state index is 12.8. The second-order valence-electron chi connectivity index (χ2n) is 20.9. The van der Waals surface area contributed by atoms with Crippen LogP contribution in [0.15, 0.2) is 223 Å². The molecule has 40 nitrogen and oxygen atoms in total. The third-order valence-electron chi connectivity index (χ3n) is 14.6. The number of anilines is 2. The molecule has 12 aromatic rings. The van der Waals surface area contributed by atoms with E-state index in [0.29, 0.717) is 41.0 Å². The van der Waals surface area contributed by atoms with E-state index in [4.69, 9.17) is 27.2 Å². The van der Waals surface area contributed by atoms with Gasteiger partial charge in [-0.3, -0.25) is 32.8 Å². The van der Waals surface area contributed by atoms with Crippen molar-refractivity contribution in [3.05, 3.63) is 165 Å². The molecule has 0 unspecified atom stereocenters. The van der Waals surface area contributed by atoms with Crippen molar-refractivity contribution in [3.63, 3.8) is 0 Å². The van der Waals surface area contributed by atoms with Crippen LogP contribution in [0.3, 0.4) is 0 Å². The van der Waals surface area contributed by atoms with E-state index in [1.807, 2.05) is 0 Å². The number of nitrogen functional groups attached to an aromatic ring is 2. The zero-order valence-electron chi connectivity index (χ0n) is 50.7. The number of aromatic amines is 3. The molecule has 536 valence electrons. The van der Waals surface area contributed by atoms with Crippen LogP contribution >= 0.6 is 36.1 Å². The van der Waals surface area contributed by atoms with Crippen molar-refractivity contribution in [1.29, 1.82) is 0 Å². The molecule has 0 saturated carbocycles. The Morgan fingerprint density at radius 2 is 0.788 bits per heavy atom. The van der Waals surface area contributed by atoms with Crippen LogP contribution in [0, 0.1) is 0 Å². The quantitative estimate of drug-likeness (QED) is 0.00793. The SMILES string of the molecule is Nc1cc2c(O)c(N=Nc3ccc(N=Nc4c(O)c5cc(SOOO)ccc5[nH]c4=O)c4ccc(S(=O)(=O)O)cc34)c(SOOO)cc2cc1S(=O)(=O)O.Nc1cc2c(O)c(N=Nc3ccc(N=Nc4ccc5[nH]c(=O)[nH]c(=O)c5c4)c4ccc(S(=O)(=O)O)cc34)c(SOOO)cc2cc1S(=O)(=O)O. The fourth-order valence-corrected chi connectivity index (χ4v) is 13.7. The number of hydrogen-bond acceptors (Lipinski definition) is 36. The summed E-state index contributed by atoms with van der Waals surface area (Å²) in [5.41, 5.74) is 8.38. The van der Waals surface area contributed by atoms with Gasteiger partial charge in [0.2, 0.25) is 0 Å². The maximum Gasteiger partial charge on any atom is 0.326 e. The van der Waals surface area contributed by atoms with Crippen molar-refractivity contribution in [1.82, 2.24) is 15.0 Å². The summed E-state index contributed by atoms with van der Waals surface area (Å²) in [6, 6.07) is 27.6. The lowest BCUT2D eigenvalue weighted by atomic mass is 10.1. The molecule has 0 spiro atoms. The number of azo groups is 4. The predicted molar refractivity (Wildman–Crippen MR) is 367 cm³/mol. The number of phenolic OH excluding ortho intramolecular Hbond substituents is 2. The van der Waals surface area contributed by atoms with Gasteiger partial charge in [-0.2, -0.15) is 38.8 Å². The summed E-state index contributed by atoms with van der Waals surface area (Å²) in [4.78, 5) is 41.6. The number of H-pyrrole nitrogens is 3. The van der Waals surface area contributed by atoms with Crippen LogP contribution in [0.25, 0.3) is 64.9 Å². The summed E-state index contributed by atoms with van der Waals surface area (Å²) in [5, 5.41) is 104. The molecule has 12 rings (SSSR count). The van der Waals surface area contributed by atoms with Crippen molar-refractivity contribution >= 4 is 198 Å². The number of nitrogens with zero attached hydrogens (tertiary/aromatic N) is 8. The topological polar surface area (TPSA) is 644 Å². The zero-order valence-corrected chi connectivity index (χ0v) is 56.4. The average Bonchev–Trinajstić information content (AvgIpc) is 0.765. The number of pyridine rings is 1. The summed E-state index contributed by atoms with van der Waals surface area (Å²) < 4.78 is 147. The minimum absolute atomic E-state index is 0.00111. The van der Waals surface area contributed by atoms with Crippen LogP contribution in [0.4, 0.5) is 56.9 Å². The highest BCUT2D eigenvalue weighted by molar-refractivity contribution is 7.95. The molecule has 104 heavy (non-hydrogen) atoms. The number of nitrogens with one attached hydrogen (secondary N) is 3. The molecule has 0 bridgehead atoms. The highest BCUT2D eigenvalue weighted by atomic mass is 32.2. The van der Waals surface area contributed by atoms with Crippen molar-refractivity contribution in [3.8, 4) is 17.2 Å². The van der Waals surface area contributed by atoms with E-state index in [1.54, 1.807) is 0 Å². The van der Waals surface area contributed by atoms with E-state index >= 15 is 0 Å². The Morgan fingerprint density at radius 3 is 1.25 bits per heavy atom. The second kappa shape index (κ2) is 29.8. The Bertz CT molecular complexity index is 6390. The lowest BCUT2D eigenvalue weighted by molar-refractivity contribution is -0.432. The molecule has 0 radical (unpaired) electrons. The van der Waals surface area contributed by atoms with Crippen LogP contribution in [0.1, 0.15) is 0 Å². The molecule has 0 aliphatic carbocycles. The molecular weight excluding hydrogens is 1520 g/mol. The molecule has 0 amide bonds. The van der Waals surface area contributed by atoms with Crippen molar-refractivity contribution in [2.75, 3.05) is 11.5 Å². The van der Waals surface area contributed by atoms with Gasteiger partial charge < -0.3 is 36.8 Å². The molecule has 47 heteroatoms. The summed E-state index contributed by atoms with van der Waals surface area (Å²) >= 11 is 1.25. The lowest BCUT2D eigenvalue weighted by Crippen LogP contribution is -2.21. The first-order valence-electron chi connectivity index (χ1n) is 27.7. The van der Waals surface area contributed by atoms with Crippen molar-refractivity contribution in [2.24, 2.45) is 40.9 Å². The minimum atomic E-state index is -4.77. The van der Waals surface area contributed by atoms with Gasteiger partial charge in [-0.05, 0) is 132 Å². The van der Waals surface area contributed by atoms with E-state index in [2.05, 4.69) is 84.0 Å². The maximum absolute atomic E-state index is 12.8. The number of hydrogen-bond donors (Lipinski definition) is 15. The number of nitrogens with two attached hydrogens (primary N) is 2. The van der Waals surface area contributed by atoms with Gasteiger partial charge in [0.15, 0.2) is 22.9 Å². The van der Waals surface area contributed by atoms with E-state index in [-0.39, 0.29) is 114 Å². The summed E-state index contributed by atoms with van der Waals surface area (Å²) in [6.45, 7) is 0. The van der Waals surface area contributed by atoms with E-state index in [0.717, 1.165) is 48.5 Å². The smallest absolute Gasteiger partial charge is 0.326 e. The summed E-state index contributed by atoms with van der Waals surface area (Å²) in [6.07, 6.45) is 0. The Labute approximate surface area is 589 Å². The van der Waals surface area contributed by atoms with Gasteiger partial charge in [0.25, 0.3) is 51.6 Å². The molecule has 0 fully saturated rings. The van der Waals surface area contributed by atoms with E-state index < -0.39 is 111 Å². The Kier molecular flexibility index (Phi) is 21.3. The standard InChI is InChI=1S/C29H20N6O15S4.C28H19N7O12S3/c30-19-11-16-12(8-24(19)54(44,45)46)7-23(52-50-48-40)25(27(16)36)34-33-22-6-5-21(15-3-2-14(10-17(15)22)53(41,42)43)32-35-26-28(37)18-9-13(51-49-47-39)1-4-20(18)31-29(26)38;29-19-11-16-12(8-24(19)50(43,44)45)7-23(48-47-46-39)25(26(16)36)35-34-22-6-5-21(15-3-2-14(10-17(15)22)49(40,41)42)33-32-13-1-4-20-18(9-13)27(37)31-28(38)30-20/h1-11,36,39-40H,30H2,(H2,31,37,38)(H,41,42,43)(H,44,45,46);1-11,36,39H,29H2,(H,40,41,42)(H,43,44,45)(H2,30,31,37,38). The average molecular weight is 1560 g/mol. The van der Waals surface area contributed by atoms with E-state index in [1.165, 1.54) is 84.9 Å². The molecule has 10 aromatic carbocycles. The Morgan fingerprint density at radius 1 is 0.365 bits per heavy atom. The largest absolute Gasteiger partial charge is 0.505 e. The first-order valence-corrected chi connectivity index (χ1v) is 35.7. The molecular formula is C57H39N13O27S7. The number of benzene rings is 10. The number of aromatic hydroxyl groups is 3. The van der Waals surface area contributed by atoms with Crippen LogP contribution in [-0.2, 0) is 68.6 Å². The third kappa shape index (κ3) is 16.0. The van der Waals surface area contributed by atoms with Crippen LogP contribution in [0.5, 0.6) is 17.2 Å². The fourth-order valence-electron chi connectivity index (χ4n) is 10.00. The molecule has 0 aliphatic rings. The molecule has 0 saturated heterocycles. The van der Waals surface area contributed by atoms with Crippen LogP contribution < -0.4 is 28.3 Å². The Balaban J connectivity index is 0.000000209. The predicted octanol–water partition coefficient (Wildman–Crippen LogP) is 12.6. The Hall–Kier alpha value is -10.9. The van der Waals surface area contributed by atoms with Crippen LogP contribution in [0.2, 0.25) is 0 Å². The molecule has 2 heterocycles. The number of fused-ring (bicyclic) bond motifs is 6. The first-order chi connectivity index (χ1) is 49.2. The summed E-state index contributed by atoms with van der Waals surface area (Å²) in [5.74, 6) is -1.78.